The average molecular weight is 289 g/mol. The Kier molecular flexibility index (Phi) is 4.31. The summed E-state index contributed by atoms with van der Waals surface area (Å²) in [5, 5.41) is 9.87. The van der Waals surface area contributed by atoms with Crippen molar-refractivity contribution in [3.63, 3.8) is 0 Å². The molecule has 0 fully saturated rings. The van der Waals surface area contributed by atoms with Crippen LogP contribution >= 0.6 is 0 Å². The number of aryl methyl sites for hydroxylation is 1. The number of rotatable bonds is 5. The highest BCUT2D eigenvalue weighted by Gasteiger charge is 2.19. The van der Waals surface area contributed by atoms with Crippen LogP contribution in [0.2, 0.25) is 0 Å². The largest absolute Gasteiger partial charge is 0.477 e. The van der Waals surface area contributed by atoms with Crippen molar-refractivity contribution in [3.05, 3.63) is 39.7 Å². The van der Waals surface area contributed by atoms with Crippen LogP contribution in [-0.4, -0.2) is 24.2 Å². The van der Waals surface area contributed by atoms with Gasteiger partial charge in [0.1, 0.15) is 11.1 Å². The second-order valence-corrected chi connectivity index (χ2v) is 4.75. The lowest BCUT2D eigenvalue weighted by atomic mass is 10.0. The standard InChI is InChI=1S/C16H19NO4/c1-4-11-12-8-7-10(17(5-2)6-3)9-13(12)21-16(20)14(11)15(18)19/h7-9H,4-6H2,1-3H3,(H,18,19). The SMILES string of the molecule is CCc1c(C(=O)O)c(=O)oc2cc(N(CC)CC)ccc12. The van der Waals surface area contributed by atoms with Gasteiger partial charge in [0.2, 0.25) is 0 Å². The van der Waals surface area contributed by atoms with E-state index in [1.54, 1.807) is 6.07 Å². The fraction of sp³-hybridized carbons (Fsp3) is 0.375. The Morgan fingerprint density at radius 3 is 2.43 bits per heavy atom. The summed E-state index contributed by atoms with van der Waals surface area (Å²) < 4.78 is 5.21. The summed E-state index contributed by atoms with van der Waals surface area (Å²) >= 11 is 0. The lowest BCUT2D eigenvalue weighted by Gasteiger charge is -2.21. The first kappa shape index (κ1) is 15.1. The molecule has 0 saturated carbocycles. The minimum atomic E-state index is -1.24. The second kappa shape index (κ2) is 5.99. The highest BCUT2D eigenvalue weighted by atomic mass is 16.4. The minimum absolute atomic E-state index is 0.263. The molecular weight excluding hydrogens is 270 g/mol. The average Bonchev–Trinajstić information content (AvgIpc) is 2.46. The zero-order valence-electron chi connectivity index (χ0n) is 12.5. The van der Waals surface area contributed by atoms with Crippen LogP contribution in [0.5, 0.6) is 0 Å². The van der Waals surface area contributed by atoms with Crippen LogP contribution in [0.25, 0.3) is 11.0 Å². The smallest absolute Gasteiger partial charge is 0.351 e. The zero-order chi connectivity index (χ0) is 15.6. The van der Waals surface area contributed by atoms with E-state index in [9.17, 15) is 14.7 Å². The summed E-state index contributed by atoms with van der Waals surface area (Å²) in [5.74, 6) is -1.24. The highest BCUT2D eigenvalue weighted by Crippen LogP contribution is 2.25. The molecule has 1 heterocycles. The summed E-state index contributed by atoms with van der Waals surface area (Å²) in [5.41, 5.74) is 0.871. The van der Waals surface area contributed by atoms with Crippen molar-refractivity contribution in [2.75, 3.05) is 18.0 Å². The summed E-state index contributed by atoms with van der Waals surface area (Å²) in [7, 11) is 0. The predicted molar refractivity (Wildman–Crippen MR) is 82.4 cm³/mol. The van der Waals surface area contributed by atoms with Crippen LogP contribution < -0.4 is 10.5 Å². The molecule has 0 saturated heterocycles. The first-order valence-corrected chi connectivity index (χ1v) is 7.11. The second-order valence-electron chi connectivity index (χ2n) is 4.75. The molecule has 0 aliphatic rings. The number of hydrogen-bond donors (Lipinski definition) is 1. The quantitative estimate of drug-likeness (QED) is 0.857. The molecule has 0 amide bonds. The molecule has 0 radical (unpaired) electrons. The number of hydrogen-bond acceptors (Lipinski definition) is 4. The Balaban J connectivity index is 2.74. The number of benzene rings is 1. The van der Waals surface area contributed by atoms with Crippen LogP contribution in [0.15, 0.2) is 27.4 Å². The third-order valence-electron chi connectivity index (χ3n) is 3.69. The summed E-state index contributed by atoms with van der Waals surface area (Å²) in [6, 6.07) is 5.56. The van der Waals surface area contributed by atoms with Gasteiger partial charge in [0, 0.05) is 30.2 Å². The maximum absolute atomic E-state index is 11.9. The van der Waals surface area contributed by atoms with E-state index in [0.29, 0.717) is 23.0 Å². The molecule has 21 heavy (non-hydrogen) atoms. The van der Waals surface area contributed by atoms with Crippen molar-refractivity contribution in [2.45, 2.75) is 27.2 Å². The van der Waals surface area contributed by atoms with Crippen molar-refractivity contribution in [2.24, 2.45) is 0 Å². The molecule has 1 aromatic heterocycles. The maximum atomic E-state index is 11.9. The van der Waals surface area contributed by atoms with E-state index < -0.39 is 11.6 Å². The van der Waals surface area contributed by atoms with Crippen LogP contribution in [0.4, 0.5) is 5.69 Å². The first-order chi connectivity index (χ1) is 10.0. The Labute approximate surface area is 122 Å². The van der Waals surface area contributed by atoms with Gasteiger partial charge >= 0.3 is 11.6 Å². The number of carbonyl (C=O) groups is 1. The van der Waals surface area contributed by atoms with Crippen molar-refractivity contribution >= 4 is 22.6 Å². The fourth-order valence-electron chi connectivity index (χ4n) is 2.62. The molecular formula is C16H19NO4. The third-order valence-corrected chi connectivity index (χ3v) is 3.69. The Bertz CT molecular complexity index is 729. The van der Waals surface area contributed by atoms with E-state index in [2.05, 4.69) is 18.7 Å². The zero-order valence-corrected chi connectivity index (χ0v) is 12.5. The van der Waals surface area contributed by atoms with Crippen LogP contribution in [0, 0.1) is 0 Å². The van der Waals surface area contributed by atoms with Gasteiger partial charge in [-0.1, -0.05) is 6.92 Å². The van der Waals surface area contributed by atoms with Gasteiger partial charge in [-0.15, -0.1) is 0 Å². The molecule has 0 bridgehead atoms. The number of nitrogens with zero attached hydrogens (tertiary/aromatic N) is 1. The first-order valence-electron chi connectivity index (χ1n) is 7.11. The van der Waals surface area contributed by atoms with Gasteiger partial charge < -0.3 is 14.4 Å². The summed E-state index contributed by atoms with van der Waals surface area (Å²) in [4.78, 5) is 25.3. The van der Waals surface area contributed by atoms with Gasteiger partial charge in [-0.3, -0.25) is 0 Å². The van der Waals surface area contributed by atoms with E-state index in [0.717, 1.165) is 18.8 Å². The lowest BCUT2D eigenvalue weighted by Crippen LogP contribution is -2.22. The molecule has 2 aromatic rings. The Hall–Kier alpha value is -2.30. The number of anilines is 1. The molecule has 5 heteroatoms. The minimum Gasteiger partial charge on any atom is -0.477 e. The summed E-state index contributed by atoms with van der Waals surface area (Å²) in [6.45, 7) is 7.63. The Morgan fingerprint density at radius 2 is 1.90 bits per heavy atom. The number of fused-ring (bicyclic) bond motifs is 1. The lowest BCUT2D eigenvalue weighted by molar-refractivity contribution is 0.0691. The van der Waals surface area contributed by atoms with E-state index >= 15 is 0 Å². The number of carboxylic acids is 1. The molecule has 0 spiro atoms. The van der Waals surface area contributed by atoms with Crippen molar-refractivity contribution in [1.29, 1.82) is 0 Å². The maximum Gasteiger partial charge on any atom is 0.351 e. The number of carboxylic acid groups (broad SMARTS) is 1. The Morgan fingerprint density at radius 1 is 1.24 bits per heavy atom. The van der Waals surface area contributed by atoms with Gasteiger partial charge in [-0.25, -0.2) is 9.59 Å². The van der Waals surface area contributed by atoms with E-state index in [1.807, 2.05) is 19.1 Å². The molecule has 5 nitrogen and oxygen atoms in total. The molecule has 112 valence electrons. The van der Waals surface area contributed by atoms with E-state index in [-0.39, 0.29) is 5.56 Å². The molecule has 0 atom stereocenters. The van der Waals surface area contributed by atoms with Gasteiger partial charge in [0.05, 0.1) is 0 Å². The van der Waals surface area contributed by atoms with Gasteiger partial charge in [-0.2, -0.15) is 0 Å². The monoisotopic (exact) mass is 289 g/mol. The van der Waals surface area contributed by atoms with Crippen LogP contribution in [-0.2, 0) is 6.42 Å². The number of aromatic carboxylic acids is 1. The van der Waals surface area contributed by atoms with Crippen LogP contribution in [0.3, 0.4) is 0 Å². The summed E-state index contributed by atoms with van der Waals surface area (Å²) in [6.07, 6.45) is 0.467. The molecule has 0 aliphatic carbocycles. The highest BCUT2D eigenvalue weighted by molar-refractivity contribution is 5.95. The molecule has 0 unspecified atom stereocenters. The van der Waals surface area contributed by atoms with Gasteiger partial charge in [-0.05, 0) is 38.0 Å². The van der Waals surface area contributed by atoms with Gasteiger partial charge in [0.15, 0.2) is 0 Å². The van der Waals surface area contributed by atoms with Crippen molar-refractivity contribution in [3.8, 4) is 0 Å². The van der Waals surface area contributed by atoms with E-state index in [4.69, 9.17) is 4.42 Å². The van der Waals surface area contributed by atoms with Crippen LogP contribution in [0.1, 0.15) is 36.7 Å². The predicted octanol–water partition coefficient (Wildman–Crippen LogP) is 2.90. The fourth-order valence-corrected chi connectivity index (χ4v) is 2.62. The van der Waals surface area contributed by atoms with Gasteiger partial charge in [0.25, 0.3) is 0 Å². The topological polar surface area (TPSA) is 70.7 Å². The molecule has 1 N–H and O–H groups in total. The molecule has 0 aliphatic heterocycles. The van der Waals surface area contributed by atoms with Crippen molar-refractivity contribution < 1.29 is 14.3 Å². The van der Waals surface area contributed by atoms with E-state index in [1.165, 1.54) is 0 Å². The molecule has 2 rings (SSSR count). The normalized spacial score (nSPS) is 10.8. The molecule has 1 aromatic carbocycles. The van der Waals surface area contributed by atoms with Crippen molar-refractivity contribution in [1.82, 2.24) is 0 Å². The third kappa shape index (κ3) is 2.63.